The van der Waals surface area contributed by atoms with Crippen LogP contribution in [0.15, 0.2) is 6.07 Å². The van der Waals surface area contributed by atoms with E-state index in [0.717, 1.165) is 0 Å². The van der Waals surface area contributed by atoms with Gasteiger partial charge in [-0.2, -0.15) is 0 Å². The summed E-state index contributed by atoms with van der Waals surface area (Å²) in [5.74, 6) is -2.89. The summed E-state index contributed by atoms with van der Waals surface area (Å²) >= 11 is 0. The van der Waals surface area contributed by atoms with Gasteiger partial charge >= 0.3 is 6.09 Å². The van der Waals surface area contributed by atoms with E-state index in [0.29, 0.717) is 12.4 Å². The lowest BCUT2D eigenvalue weighted by atomic mass is 10.1. The van der Waals surface area contributed by atoms with Gasteiger partial charge in [-0.15, -0.1) is 0 Å². The summed E-state index contributed by atoms with van der Waals surface area (Å²) in [7, 11) is 1.17. The molecule has 0 saturated heterocycles. The first kappa shape index (κ1) is 15.9. The molecule has 1 amide bonds. The van der Waals surface area contributed by atoms with Crippen molar-refractivity contribution in [1.29, 1.82) is 0 Å². The van der Waals surface area contributed by atoms with Gasteiger partial charge in [0.15, 0.2) is 23.7 Å². The van der Waals surface area contributed by atoms with E-state index in [9.17, 15) is 18.4 Å². The predicted molar refractivity (Wildman–Crippen MR) is 68.2 cm³/mol. The van der Waals surface area contributed by atoms with Crippen LogP contribution < -0.4 is 10.1 Å². The highest BCUT2D eigenvalue weighted by Crippen LogP contribution is 2.33. The molecule has 0 radical (unpaired) electrons. The zero-order chi connectivity index (χ0) is 15.5. The van der Waals surface area contributed by atoms with Crippen LogP contribution in [0.1, 0.15) is 31.1 Å². The summed E-state index contributed by atoms with van der Waals surface area (Å²) in [6.45, 7) is 4.84. The van der Waals surface area contributed by atoms with Crippen molar-refractivity contribution in [2.45, 2.75) is 26.4 Å². The van der Waals surface area contributed by atoms with Crippen LogP contribution in [0.25, 0.3) is 0 Å². The molecule has 1 rings (SSSR count). The average molecular weight is 287 g/mol. The average Bonchev–Trinajstić information content (AvgIpc) is 2.32. The van der Waals surface area contributed by atoms with Gasteiger partial charge in [-0.25, -0.2) is 13.6 Å². The van der Waals surface area contributed by atoms with Crippen LogP contribution >= 0.6 is 0 Å². The largest absolute Gasteiger partial charge is 0.494 e. The first-order valence-electron chi connectivity index (χ1n) is 5.70. The number of ether oxygens (including phenoxy) is 2. The second-order valence-electron chi connectivity index (χ2n) is 4.91. The number of nitrogens with one attached hydrogen (secondary N) is 1. The van der Waals surface area contributed by atoms with Gasteiger partial charge in [-0.1, -0.05) is 0 Å². The van der Waals surface area contributed by atoms with Crippen molar-refractivity contribution in [2.75, 3.05) is 12.4 Å². The topological polar surface area (TPSA) is 64.6 Å². The lowest BCUT2D eigenvalue weighted by molar-refractivity contribution is 0.0634. The molecule has 1 aromatic rings. The number of carbonyl (C=O) groups excluding carboxylic acids is 2. The fourth-order valence-corrected chi connectivity index (χ4v) is 1.45. The molecular formula is C13H15F2NO4. The minimum atomic E-state index is -1.33. The fourth-order valence-electron chi connectivity index (χ4n) is 1.45. The van der Waals surface area contributed by atoms with Gasteiger partial charge in [0, 0.05) is 0 Å². The van der Waals surface area contributed by atoms with E-state index in [1.54, 1.807) is 20.8 Å². The predicted octanol–water partition coefficient (Wildman–Crippen LogP) is 3.13. The van der Waals surface area contributed by atoms with Crippen molar-refractivity contribution in [1.82, 2.24) is 0 Å². The Kier molecular flexibility index (Phi) is 4.65. The van der Waals surface area contributed by atoms with Gasteiger partial charge in [0.25, 0.3) is 0 Å². The Balaban J connectivity index is 3.19. The van der Waals surface area contributed by atoms with E-state index in [1.807, 2.05) is 5.32 Å². The molecular weight excluding hydrogens is 272 g/mol. The second kappa shape index (κ2) is 5.85. The van der Waals surface area contributed by atoms with Crippen LogP contribution in [0, 0.1) is 11.6 Å². The molecule has 0 saturated carbocycles. The molecule has 0 aliphatic rings. The molecule has 0 bridgehead atoms. The highest BCUT2D eigenvalue weighted by molar-refractivity contribution is 5.91. The fraction of sp³-hybridized carbons (Fsp3) is 0.385. The van der Waals surface area contributed by atoms with Crippen LogP contribution in [0.2, 0.25) is 0 Å². The van der Waals surface area contributed by atoms with Crippen LogP contribution in [0.4, 0.5) is 19.3 Å². The summed E-state index contributed by atoms with van der Waals surface area (Å²) in [5, 5.41) is 2.04. The highest BCUT2D eigenvalue weighted by Gasteiger charge is 2.23. The van der Waals surface area contributed by atoms with Gasteiger partial charge in [0.05, 0.1) is 12.7 Å². The first-order chi connectivity index (χ1) is 9.19. The van der Waals surface area contributed by atoms with E-state index in [1.165, 1.54) is 7.11 Å². The normalized spacial score (nSPS) is 10.9. The first-order valence-corrected chi connectivity index (χ1v) is 5.70. The number of benzene rings is 1. The Morgan fingerprint density at radius 3 is 2.40 bits per heavy atom. The molecule has 0 aliphatic heterocycles. The second-order valence-corrected chi connectivity index (χ2v) is 4.91. The van der Waals surface area contributed by atoms with Crippen molar-refractivity contribution in [3.05, 3.63) is 23.3 Å². The molecule has 110 valence electrons. The Morgan fingerprint density at radius 1 is 1.35 bits per heavy atom. The van der Waals surface area contributed by atoms with Crippen molar-refractivity contribution >= 4 is 18.1 Å². The number of amides is 1. The van der Waals surface area contributed by atoms with E-state index < -0.39 is 29.0 Å². The summed E-state index contributed by atoms with van der Waals surface area (Å²) in [5.41, 5.74) is -1.62. The number of rotatable bonds is 3. The van der Waals surface area contributed by atoms with E-state index in [-0.39, 0.29) is 11.3 Å². The third-order valence-electron chi connectivity index (χ3n) is 2.16. The molecule has 0 aromatic heterocycles. The number of methoxy groups -OCH3 is 1. The van der Waals surface area contributed by atoms with Crippen LogP contribution in [-0.4, -0.2) is 25.1 Å². The summed E-state index contributed by atoms with van der Waals surface area (Å²) in [6.07, 6.45) is -0.695. The Morgan fingerprint density at radius 2 is 1.95 bits per heavy atom. The maximum Gasteiger partial charge on any atom is 0.412 e. The van der Waals surface area contributed by atoms with Gasteiger partial charge < -0.3 is 9.47 Å². The lowest BCUT2D eigenvalue weighted by Crippen LogP contribution is -2.27. The van der Waals surface area contributed by atoms with Crippen LogP contribution in [0.3, 0.4) is 0 Å². The smallest absolute Gasteiger partial charge is 0.412 e. The molecule has 7 heteroatoms. The van der Waals surface area contributed by atoms with Gasteiger partial charge in [-0.3, -0.25) is 10.1 Å². The molecule has 0 atom stereocenters. The minimum Gasteiger partial charge on any atom is -0.494 e. The minimum absolute atomic E-state index is 0.225. The monoisotopic (exact) mass is 287 g/mol. The number of aldehydes is 1. The van der Waals surface area contributed by atoms with Gasteiger partial charge in [-0.05, 0) is 26.8 Å². The Labute approximate surface area is 114 Å². The van der Waals surface area contributed by atoms with E-state index in [4.69, 9.17) is 9.47 Å². The Hall–Kier alpha value is -2.18. The molecule has 0 aliphatic carbocycles. The van der Waals surface area contributed by atoms with Crippen LogP contribution in [0.5, 0.6) is 5.75 Å². The molecule has 0 unspecified atom stereocenters. The molecule has 0 fully saturated rings. The maximum atomic E-state index is 13.7. The van der Waals surface area contributed by atoms with Crippen molar-refractivity contribution in [3.63, 3.8) is 0 Å². The number of hydrogen-bond acceptors (Lipinski definition) is 4. The zero-order valence-electron chi connectivity index (χ0n) is 11.5. The third kappa shape index (κ3) is 3.66. The van der Waals surface area contributed by atoms with E-state index >= 15 is 0 Å². The zero-order valence-corrected chi connectivity index (χ0v) is 11.5. The van der Waals surface area contributed by atoms with Crippen LogP contribution in [-0.2, 0) is 4.74 Å². The molecule has 1 aromatic carbocycles. The molecule has 5 nitrogen and oxygen atoms in total. The lowest BCUT2D eigenvalue weighted by Gasteiger charge is -2.20. The van der Waals surface area contributed by atoms with Crippen molar-refractivity contribution < 1.29 is 27.8 Å². The van der Waals surface area contributed by atoms with Gasteiger partial charge in [0.2, 0.25) is 0 Å². The summed E-state index contributed by atoms with van der Waals surface area (Å²) in [6, 6.07) is 0.682. The molecule has 20 heavy (non-hydrogen) atoms. The van der Waals surface area contributed by atoms with Gasteiger partial charge in [0.1, 0.15) is 11.3 Å². The van der Waals surface area contributed by atoms with E-state index in [2.05, 4.69) is 0 Å². The molecule has 1 N–H and O–H groups in total. The maximum absolute atomic E-state index is 13.7. The SMILES string of the molecule is COc1c(C=O)cc(F)c(F)c1NC(=O)OC(C)(C)C. The number of hydrogen-bond donors (Lipinski definition) is 1. The molecule has 0 spiro atoms. The quantitative estimate of drug-likeness (QED) is 0.867. The van der Waals surface area contributed by atoms with Crippen molar-refractivity contribution in [2.24, 2.45) is 0 Å². The summed E-state index contributed by atoms with van der Waals surface area (Å²) in [4.78, 5) is 22.4. The van der Waals surface area contributed by atoms with Crippen molar-refractivity contribution in [3.8, 4) is 5.75 Å². The third-order valence-corrected chi connectivity index (χ3v) is 2.16. The highest BCUT2D eigenvalue weighted by atomic mass is 19.2. The number of anilines is 1. The Bertz CT molecular complexity index is 538. The summed E-state index contributed by atoms with van der Waals surface area (Å²) < 4.78 is 36.8. The molecule has 0 heterocycles. The number of halogens is 2. The number of carbonyl (C=O) groups is 2. The standard InChI is InChI=1S/C13H15F2NO4/c1-13(2,3)20-12(18)16-10-9(15)8(14)5-7(6-17)11(10)19-4/h5-6H,1-4H3,(H,16,18).